The first-order valence-corrected chi connectivity index (χ1v) is 3.25. The smallest absolute Gasteiger partial charge is 0.320 e. The molecule has 2 atom stereocenters. The van der Waals surface area contributed by atoms with Crippen LogP contribution in [0.3, 0.4) is 0 Å². The van der Waals surface area contributed by atoms with Gasteiger partial charge in [-0.2, -0.15) is 0 Å². The maximum atomic E-state index is 9.57. The quantitative estimate of drug-likeness (QED) is 0.474. The van der Waals surface area contributed by atoms with E-state index in [4.69, 9.17) is 21.7 Å². The third-order valence-corrected chi connectivity index (χ3v) is 0.779. The van der Waals surface area contributed by atoms with Crippen molar-refractivity contribution in [2.75, 3.05) is 0 Å². The average molecular weight is 285 g/mol. The molecule has 0 aliphatic rings. The Labute approximate surface area is 89.9 Å². The minimum absolute atomic E-state index is 0. The zero-order valence-corrected chi connectivity index (χ0v) is 8.89. The molecule has 2 unspecified atom stereocenters. The van der Waals surface area contributed by atoms with Crippen LogP contribution in [0.4, 0.5) is 0 Å². The summed E-state index contributed by atoms with van der Waals surface area (Å²) in [6.45, 7) is 2.84. The van der Waals surface area contributed by atoms with Gasteiger partial charge in [0.2, 0.25) is 0 Å². The van der Waals surface area contributed by atoms with Crippen molar-refractivity contribution in [3.8, 4) is 0 Å². The Morgan fingerprint density at radius 1 is 1.00 bits per heavy atom. The SMILES string of the molecule is CC(N)C(=O)O.CC(N)C(=O)O.[Pd]. The molecular formula is C6H14N2O4Pd. The van der Waals surface area contributed by atoms with Crippen molar-refractivity contribution < 1.29 is 40.2 Å². The van der Waals surface area contributed by atoms with E-state index >= 15 is 0 Å². The summed E-state index contributed by atoms with van der Waals surface area (Å²) in [5.41, 5.74) is 9.67. The summed E-state index contributed by atoms with van der Waals surface area (Å²) in [5, 5.41) is 15.7. The van der Waals surface area contributed by atoms with Crippen molar-refractivity contribution in [3.05, 3.63) is 0 Å². The zero-order chi connectivity index (χ0) is 10.3. The van der Waals surface area contributed by atoms with Crippen molar-refractivity contribution in [1.82, 2.24) is 0 Å². The standard InChI is InChI=1S/2C3H7NO2.Pd/c2*1-2(4)3(5)6;/h2*2H,4H2,1H3,(H,5,6);. The van der Waals surface area contributed by atoms with Crippen LogP contribution in [0.2, 0.25) is 0 Å². The van der Waals surface area contributed by atoms with E-state index in [-0.39, 0.29) is 20.4 Å². The maximum absolute atomic E-state index is 9.57. The number of carboxylic acid groups (broad SMARTS) is 2. The molecule has 6 nitrogen and oxygen atoms in total. The summed E-state index contributed by atoms with van der Waals surface area (Å²) >= 11 is 0. The largest absolute Gasteiger partial charge is 0.480 e. The van der Waals surface area contributed by atoms with Crippen molar-refractivity contribution in [3.63, 3.8) is 0 Å². The predicted molar refractivity (Wildman–Crippen MR) is 42.6 cm³/mol. The first-order valence-electron chi connectivity index (χ1n) is 3.25. The van der Waals surface area contributed by atoms with Crippen LogP contribution >= 0.6 is 0 Å². The first-order chi connectivity index (χ1) is 5.29. The summed E-state index contributed by atoms with van der Waals surface area (Å²) in [6.07, 6.45) is 0. The molecular weight excluding hydrogens is 270 g/mol. The maximum Gasteiger partial charge on any atom is 0.320 e. The van der Waals surface area contributed by atoms with Crippen molar-refractivity contribution in [2.45, 2.75) is 25.9 Å². The van der Waals surface area contributed by atoms with E-state index in [1.165, 1.54) is 13.8 Å². The second kappa shape index (κ2) is 9.61. The van der Waals surface area contributed by atoms with Gasteiger partial charge in [0.15, 0.2) is 0 Å². The zero-order valence-electron chi connectivity index (χ0n) is 7.34. The molecule has 0 heterocycles. The third-order valence-electron chi connectivity index (χ3n) is 0.779. The van der Waals surface area contributed by atoms with Crippen LogP contribution in [0.25, 0.3) is 0 Å². The molecule has 0 aromatic carbocycles. The minimum atomic E-state index is -0.963. The van der Waals surface area contributed by atoms with Crippen LogP contribution in [0, 0.1) is 0 Å². The van der Waals surface area contributed by atoms with E-state index in [1.54, 1.807) is 0 Å². The molecule has 0 amide bonds. The first kappa shape index (κ1) is 18.3. The summed E-state index contributed by atoms with van der Waals surface area (Å²) in [6, 6.07) is -1.46. The number of aliphatic carboxylic acids is 2. The Balaban J connectivity index is -0.000000143. The van der Waals surface area contributed by atoms with Crippen LogP contribution in [-0.2, 0) is 30.0 Å². The molecule has 0 saturated heterocycles. The molecule has 0 spiro atoms. The van der Waals surface area contributed by atoms with Crippen molar-refractivity contribution in [2.24, 2.45) is 11.5 Å². The van der Waals surface area contributed by atoms with E-state index in [2.05, 4.69) is 0 Å². The summed E-state index contributed by atoms with van der Waals surface area (Å²) in [4.78, 5) is 19.1. The number of hydrogen-bond donors (Lipinski definition) is 4. The van der Waals surface area contributed by atoms with Crippen LogP contribution in [-0.4, -0.2) is 34.2 Å². The van der Waals surface area contributed by atoms with Gasteiger partial charge in [-0.25, -0.2) is 0 Å². The number of hydrogen-bond acceptors (Lipinski definition) is 4. The Morgan fingerprint density at radius 2 is 1.08 bits per heavy atom. The van der Waals surface area contributed by atoms with Crippen LogP contribution < -0.4 is 11.5 Å². The minimum Gasteiger partial charge on any atom is -0.480 e. The summed E-state index contributed by atoms with van der Waals surface area (Å²) in [5.74, 6) is -1.93. The predicted octanol–water partition coefficient (Wildman–Crippen LogP) is -1.17. The third kappa shape index (κ3) is 18.5. The van der Waals surface area contributed by atoms with E-state index in [0.717, 1.165) is 0 Å². The van der Waals surface area contributed by atoms with Crippen LogP contribution in [0.15, 0.2) is 0 Å². The molecule has 0 bridgehead atoms. The second-order valence-corrected chi connectivity index (χ2v) is 2.25. The Bertz CT molecular complexity index is 143. The summed E-state index contributed by atoms with van der Waals surface area (Å²) < 4.78 is 0. The molecule has 0 aliphatic heterocycles. The number of rotatable bonds is 2. The van der Waals surface area contributed by atoms with Gasteiger partial charge in [-0.05, 0) is 13.8 Å². The Morgan fingerprint density at radius 3 is 1.08 bits per heavy atom. The normalized spacial score (nSPS) is 12.6. The van der Waals surface area contributed by atoms with Crippen molar-refractivity contribution in [1.29, 1.82) is 0 Å². The van der Waals surface area contributed by atoms with E-state index in [1.807, 2.05) is 0 Å². The molecule has 0 aromatic heterocycles. The van der Waals surface area contributed by atoms with Gasteiger partial charge < -0.3 is 21.7 Å². The molecule has 0 saturated carbocycles. The number of carboxylic acids is 2. The monoisotopic (exact) mass is 284 g/mol. The molecule has 13 heavy (non-hydrogen) atoms. The molecule has 0 fully saturated rings. The molecule has 0 radical (unpaired) electrons. The van der Waals surface area contributed by atoms with E-state index < -0.39 is 24.0 Å². The van der Waals surface area contributed by atoms with Gasteiger partial charge in [0.1, 0.15) is 12.1 Å². The van der Waals surface area contributed by atoms with Gasteiger partial charge in [0, 0.05) is 20.4 Å². The molecule has 0 rings (SSSR count). The fourth-order valence-electron chi connectivity index (χ4n) is 0. The van der Waals surface area contributed by atoms with Gasteiger partial charge in [0.05, 0.1) is 0 Å². The molecule has 0 aromatic rings. The van der Waals surface area contributed by atoms with Gasteiger partial charge in [-0.1, -0.05) is 0 Å². The topological polar surface area (TPSA) is 127 Å². The van der Waals surface area contributed by atoms with Crippen LogP contribution in [0.1, 0.15) is 13.8 Å². The van der Waals surface area contributed by atoms with Gasteiger partial charge in [-0.15, -0.1) is 0 Å². The Hall–Kier alpha value is -0.478. The summed E-state index contributed by atoms with van der Waals surface area (Å²) in [7, 11) is 0. The Kier molecular flexibility index (Phi) is 13.6. The average Bonchev–Trinajstić information content (AvgIpc) is 1.88. The van der Waals surface area contributed by atoms with E-state index in [9.17, 15) is 9.59 Å². The fourth-order valence-corrected chi connectivity index (χ4v) is 0. The molecule has 0 aliphatic carbocycles. The molecule has 7 heteroatoms. The van der Waals surface area contributed by atoms with Gasteiger partial charge in [-0.3, -0.25) is 9.59 Å². The second-order valence-electron chi connectivity index (χ2n) is 2.25. The number of nitrogens with two attached hydrogens (primary N) is 2. The van der Waals surface area contributed by atoms with Gasteiger partial charge >= 0.3 is 11.9 Å². The van der Waals surface area contributed by atoms with Gasteiger partial charge in [0.25, 0.3) is 0 Å². The fraction of sp³-hybridized carbons (Fsp3) is 0.667. The van der Waals surface area contributed by atoms with Crippen LogP contribution in [0.5, 0.6) is 0 Å². The molecule has 82 valence electrons. The van der Waals surface area contributed by atoms with E-state index in [0.29, 0.717) is 0 Å². The number of carbonyl (C=O) groups is 2. The van der Waals surface area contributed by atoms with Crippen molar-refractivity contribution >= 4 is 11.9 Å². The molecule has 6 N–H and O–H groups in total.